The van der Waals surface area contributed by atoms with E-state index in [-0.39, 0.29) is 25.1 Å². The van der Waals surface area contributed by atoms with Crippen molar-refractivity contribution in [2.45, 2.75) is 32.5 Å². The number of fused-ring (bicyclic) bond motifs is 1. The number of esters is 1. The number of hydrogen-bond donors (Lipinski definition) is 0. The predicted molar refractivity (Wildman–Crippen MR) is 109 cm³/mol. The van der Waals surface area contributed by atoms with Gasteiger partial charge in [0.2, 0.25) is 0 Å². The molecule has 1 aliphatic heterocycles. The molecule has 156 valence electrons. The number of rotatable bonds is 7. The summed E-state index contributed by atoms with van der Waals surface area (Å²) in [7, 11) is 3.12. The molecule has 0 saturated carbocycles. The fourth-order valence-electron chi connectivity index (χ4n) is 3.45. The van der Waals surface area contributed by atoms with Crippen LogP contribution in [-0.2, 0) is 29.0 Å². The predicted octanol–water partition coefficient (Wildman–Crippen LogP) is 3.97. The molecule has 0 saturated heterocycles. The fourth-order valence-corrected chi connectivity index (χ4v) is 3.45. The van der Waals surface area contributed by atoms with Crippen molar-refractivity contribution >= 4 is 5.97 Å². The SMILES string of the molecule is COc1ccc(CC(=O)OCc2cc(-c3ccc4c(c3)CC(C)O4)on2)cc1OC. The normalized spacial score (nSPS) is 14.7. The quantitative estimate of drug-likeness (QED) is 0.546. The molecule has 0 spiro atoms. The first-order valence-corrected chi connectivity index (χ1v) is 9.68. The highest BCUT2D eigenvalue weighted by molar-refractivity contribution is 5.73. The summed E-state index contributed by atoms with van der Waals surface area (Å²) in [5.41, 5.74) is 3.39. The monoisotopic (exact) mass is 409 g/mol. The summed E-state index contributed by atoms with van der Waals surface area (Å²) in [5, 5.41) is 4.01. The van der Waals surface area contributed by atoms with Gasteiger partial charge in [0, 0.05) is 18.1 Å². The molecule has 2 aromatic carbocycles. The van der Waals surface area contributed by atoms with Crippen molar-refractivity contribution in [3.05, 3.63) is 59.3 Å². The minimum Gasteiger partial charge on any atom is -0.493 e. The van der Waals surface area contributed by atoms with Crippen LogP contribution in [0, 0.1) is 0 Å². The maximum atomic E-state index is 12.2. The molecule has 0 fully saturated rings. The van der Waals surface area contributed by atoms with E-state index in [0.29, 0.717) is 23.0 Å². The zero-order chi connectivity index (χ0) is 21.1. The highest BCUT2D eigenvalue weighted by Crippen LogP contribution is 2.33. The van der Waals surface area contributed by atoms with Crippen molar-refractivity contribution in [1.29, 1.82) is 0 Å². The lowest BCUT2D eigenvalue weighted by molar-refractivity contribution is -0.144. The Hall–Kier alpha value is -3.48. The van der Waals surface area contributed by atoms with Crippen molar-refractivity contribution in [3.8, 4) is 28.6 Å². The van der Waals surface area contributed by atoms with Gasteiger partial charge in [-0.1, -0.05) is 11.2 Å². The van der Waals surface area contributed by atoms with E-state index in [1.54, 1.807) is 38.5 Å². The Bertz CT molecular complexity index is 1060. The molecule has 1 atom stereocenters. The van der Waals surface area contributed by atoms with Gasteiger partial charge >= 0.3 is 5.97 Å². The van der Waals surface area contributed by atoms with Crippen LogP contribution in [0.4, 0.5) is 0 Å². The van der Waals surface area contributed by atoms with Crippen LogP contribution in [0.5, 0.6) is 17.2 Å². The van der Waals surface area contributed by atoms with Gasteiger partial charge in [-0.3, -0.25) is 4.79 Å². The van der Waals surface area contributed by atoms with E-state index in [1.165, 1.54) is 0 Å². The van der Waals surface area contributed by atoms with Gasteiger partial charge in [-0.15, -0.1) is 0 Å². The molecule has 0 radical (unpaired) electrons. The molecule has 1 unspecified atom stereocenters. The van der Waals surface area contributed by atoms with Gasteiger partial charge in [0.25, 0.3) is 0 Å². The molecule has 0 aliphatic carbocycles. The summed E-state index contributed by atoms with van der Waals surface area (Å²) in [6, 6.07) is 13.0. The molecule has 3 aromatic rings. The Morgan fingerprint density at radius 3 is 2.73 bits per heavy atom. The van der Waals surface area contributed by atoms with Crippen LogP contribution in [0.1, 0.15) is 23.7 Å². The van der Waals surface area contributed by atoms with E-state index in [4.69, 9.17) is 23.5 Å². The minimum atomic E-state index is -0.365. The maximum absolute atomic E-state index is 12.2. The second-order valence-electron chi connectivity index (χ2n) is 7.16. The largest absolute Gasteiger partial charge is 0.493 e. The van der Waals surface area contributed by atoms with Gasteiger partial charge in [-0.2, -0.15) is 0 Å². The Morgan fingerprint density at radius 1 is 1.10 bits per heavy atom. The van der Waals surface area contributed by atoms with Crippen LogP contribution in [0.3, 0.4) is 0 Å². The number of nitrogens with zero attached hydrogens (tertiary/aromatic N) is 1. The molecule has 0 N–H and O–H groups in total. The van der Waals surface area contributed by atoms with Crippen molar-refractivity contribution in [2.24, 2.45) is 0 Å². The van der Waals surface area contributed by atoms with Gasteiger partial charge < -0.3 is 23.5 Å². The highest BCUT2D eigenvalue weighted by atomic mass is 16.5. The molecule has 1 aliphatic rings. The van der Waals surface area contributed by atoms with Crippen LogP contribution in [-0.4, -0.2) is 31.4 Å². The molecule has 7 heteroatoms. The second-order valence-corrected chi connectivity index (χ2v) is 7.16. The lowest BCUT2D eigenvalue weighted by Crippen LogP contribution is -2.08. The number of carbonyl (C=O) groups is 1. The molecule has 0 amide bonds. The van der Waals surface area contributed by atoms with Crippen LogP contribution in [0.15, 0.2) is 47.0 Å². The van der Waals surface area contributed by atoms with Crippen LogP contribution in [0.25, 0.3) is 11.3 Å². The standard InChI is InChI=1S/C23H23NO6/c1-14-8-17-11-16(5-7-19(17)29-14)21-12-18(24-30-21)13-28-23(25)10-15-4-6-20(26-2)22(9-15)27-3/h4-7,9,11-12,14H,8,10,13H2,1-3H3. The number of aromatic nitrogens is 1. The zero-order valence-corrected chi connectivity index (χ0v) is 17.1. The Labute approximate surface area is 174 Å². The van der Waals surface area contributed by atoms with Crippen molar-refractivity contribution in [3.63, 3.8) is 0 Å². The smallest absolute Gasteiger partial charge is 0.310 e. The summed E-state index contributed by atoms with van der Waals surface area (Å²) < 4.78 is 27.0. The van der Waals surface area contributed by atoms with Gasteiger partial charge in [0.05, 0.1) is 20.6 Å². The van der Waals surface area contributed by atoms with Crippen molar-refractivity contribution in [2.75, 3.05) is 14.2 Å². The fraction of sp³-hybridized carbons (Fsp3) is 0.304. The molecule has 0 bridgehead atoms. The summed E-state index contributed by atoms with van der Waals surface area (Å²) in [5.74, 6) is 2.35. The average Bonchev–Trinajstić information content (AvgIpc) is 3.37. The number of ether oxygens (including phenoxy) is 4. The van der Waals surface area contributed by atoms with Gasteiger partial charge in [0.1, 0.15) is 24.2 Å². The summed E-state index contributed by atoms with van der Waals surface area (Å²) in [4.78, 5) is 12.2. The Morgan fingerprint density at radius 2 is 1.93 bits per heavy atom. The van der Waals surface area contributed by atoms with Gasteiger partial charge in [-0.25, -0.2) is 0 Å². The minimum absolute atomic E-state index is 0.0424. The van der Waals surface area contributed by atoms with E-state index in [9.17, 15) is 4.79 Å². The summed E-state index contributed by atoms with van der Waals surface area (Å²) in [6.45, 7) is 2.09. The molecule has 1 aromatic heterocycles. The average molecular weight is 409 g/mol. The molecule has 7 nitrogen and oxygen atoms in total. The van der Waals surface area contributed by atoms with Crippen LogP contribution >= 0.6 is 0 Å². The third-order valence-electron chi connectivity index (χ3n) is 4.92. The topological polar surface area (TPSA) is 80.0 Å². The number of methoxy groups -OCH3 is 2. The number of carbonyl (C=O) groups excluding carboxylic acids is 1. The number of benzene rings is 2. The van der Waals surface area contributed by atoms with Crippen LogP contribution < -0.4 is 14.2 Å². The molecule has 4 rings (SSSR count). The first kappa shape index (κ1) is 19.8. The van der Waals surface area contributed by atoms with Crippen LogP contribution in [0.2, 0.25) is 0 Å². The van der Waals surface area contributed by atoms with E-state index >= 15 is 0 Å². The maximum Gasteiger partial charge on any atom is 0.310 e. The van der Waals surface area contributed by atoms with E-state index < -0.39 is 0 Å². The van der Waals surface area contributed by atoms with E-state index in [2.05, 4.69) is 5.16 Å². The third-order valence-corrected chi connectivity index (χ3v) is 4.92. The molecular formula is C23H23NO6. The summed E-state index contributed by atoms with van der Waals surface area (Å²) in [6.07, 6.45) is 1.18. The molecular weight excluding hydrogens is 386 g/mol. The Balaban J connectivity index is 1.36. The zero-order valence-electron chi connectivity index (χ0n) is 17.1. The van der Waals surface area contributed by atoms with Gasteiger partial charge in [-0.05, 0) is 48.4 Å². The molecule has 2 heterocycles. The highest BCUT2D eigenvalue weighted by Gasteiger charge is 2.20. The first-order chi connectivity index (χ1) is 14.6. The second kappa shape index (κ2) is 8.49. The van der Waals surface area contributed by atoms with Crippen molar-refractivity contribution in [1.82, 2.24) is 5.16 Å². The Kier molecular flexibility index (Phi) is 5.61. The van der Waals surface area contributed by atoms with E-state index in [0.717, 1.165) is 28.9 Å². The van der Waals surface area contributed by atoms with Gasteiger partial charge in [0.15, 0.2) is 17.3 Å². The van der Waals surface area contributed by atoms with E-state index in [1.807, 2.05) is 25.1 Å². The first-order valence-electron chi connectivity index (χ1n) is 9.68. The third kappa shape index (κ3) is 4.25. The van der Waals surface area contributed by atoms with Crippen molar-refractivity contribution < 1.29 is 28.3 Å². The summed E-state index contributed by atoms with van der Waals surface area (Å²) >= 11 is 0. The lowest BCUT2D eigenvalue weighted by Gasteiger charge is -2.09. The molecule has 30 heavy (non-hydrogen) atoms. The number of hydrogen-bond acceptors (Lipinski definition) is 7. The lowest BCUT2D eigenvalue weighted by atomic mass is 10.1.